The molecule has 5 aromatic carbocycles. The molecule has 7 atom stereocenters. The van der Waals surface area contributed by atoms with Gasteiger partial charge in [-0.1, -0.05) is 113 Å². The van der Waals surface area contributed by atoms with Crippen LogP contribution in [0.3, 0.4) is 0 Å². The molecular formula is C79H98ClF3N10O10S4. The van der Waals surface area contributed by atoms with Crippen LogP contribution in [-0.4, -0.2) is 184 Å². The molecule has 5 amide bonds. The molecule has 4 fully saturated rings. The Morgan fingerprint density at radius 2 is 1.45 bits per heavy atom. The van der Waals surface area contributed by atoms with Gasteiger partial charge in [-0.25, -0.2) is 26.5 Å². The summed E-state index contributed by atoms with van der Waals surface area (Å²) in [7, 11) is -11.1. The van der Waals surface area contributed by atoms with E-state index < -0.39 is 94.3 Å². The molecule has 20 nitrogen and oxygen atoms in total. The number of anilines is 2. The lowest BCUT2D eigenvalue weighted by atomic mass is 9.73. The predicted octanol–water partition coefficient (Wildman–Crippen LogP) is 12.6. The molecule has 28 heteroatoms. The van der Waals surface area contributed by atoms with Crippen molar-refractivity contribution in [3.8, 4) is 10.4 Å². The number of nitrogens with one attached hydrogen (secondary N) is 4. The number of alkyl halides is 3. The Labute approximate surface area is 640 Å². The molecule has 2 unspecified atom stereocenters. The number of amides is 5. The summed E-state index contributed by atoms with van der Waals surface area (Å²) in [5.41, 5.74) is 2.72. The average molecular weight is 1570 g/mol. The molecule has 0 radical (unpaired) electrons. The summed E-state index contributed by atoms with van der Waals surface area (Å²) in [4.78, 5) is 82.9. The number of thioether (sulfide) groups is 1. The average Bonchev–Trinajstić information content (AvgIpc) is 0.955. The first kappa shape index (κ1) is 80.6. The molecule has 0 spiro atoms. The Hall–Kier alpha value is -7.37. The largest absolute Gasteiger partial charge is 0.501 e. The number of sulfone groups is 1. The summed E-state index contributed by atoms with van der Waals surface area (Å²) in [6.07, 6.45) is 4.43. The molecule has 0 saturated carbocycles. The van der Waals surface area contributed by atoms with Gasteiger partial charge in [-0.2, -0.15) is 13.2 Å². The van der Waals surface area contributed by atoms with Crippen molar-refractivity contribution in [3.63, 3.8) is 0 Å². The summed E-state index contributed by atoms with van der Waals surface area (Å²) in [6, 6.07) is 31.0. The number of carbonyl (C=O) groups excluding carboxylic acids is 5. The van der Waals surface area contributed by atoms with E-state index in [1.807, 2.05) is 106 Å². The molecule has 1 aliphatic carbocycles. The van der Waals surface area contributed by atoms with Crippen molar-refractivity contribution in [1.82, 2.24) is 39.9 Å². The zero-order valence-corrected chi connectivity index (χ0v) is 65.7. The van der Waals surface area contributed by atoms with Crippen molar-refractivity contribution in [1.29, 1.82) is 0 Å². The third-order valence-corrected chi connectivity index (χ3v) is 26.6. The van der Waals surface area contributed by atoms with E-state index in [4.69, 9.17) is 11.6 Å². The molecule has 5 heterocycles. The van der Waals surface area contributed by atoms with E-state index in [1.54, 1.807) is 33.9 Å². The number of likely N-dealkylation sites (tertiary alicyclic amines) is 2. The van der Waals surface area contributed by atoms with Crippen LogP contribution in [0.25, 0.3) is 16.0 Å². The Morgan fingerprint density at radius 3 is 2.09 bits per heavy atom. The van der Waals surface area contributed by atoms with Gasteiger partial charge >= 0.3 is 5.51 Å². The number of fused-ring (bicyclic) bond motifs is 1. The quantitative estimate of drug-likeness (QED) is 0.0226. The summed E-state index contributed by atoms with van der Waals surface area (Å²) in [5, 5.41) is 20.4. The number of benzene rings is 5. The number of aliphatic hydroxyl groups is 1. The first-order chi connectivity index (χ1) is 50.7. The van der Waals surface area contributed by atoms with Crippen LogP contribution in [0.1, 0.15) is 139 Å². The van der Waals surface area contributed by atoms with Crippen LogP contribution in [0.2, 0.25) is 5.02 Å². The number of aliphatic hydroxyl groups excluding tert-OH is 1. The minimum absolute atomic E-state index is 0.0278. The second kappa shape index (κ2) is 34.3. The Kier molecular flexibility index (Phi) is 25.8. The third-order valence-electron chi connectivity index (χ3n) is 21.3. The van der Waals surface area contributed by atoms with Crippen LogP contribution in [0.15, 0.2) is 147 Å². The maximum Gasteiger partial charge on any atom is 0.501 e. The fraction of sp³-hybridized carbons (Fsp3) is 0.494. The standard InChI is InChI=1S/C79H98ClF3N10O10S4/c1-51(53-18-20-55(21-19-53)72-52(2)84-50-105-72)85-75(98)68-40-63(94)48-93(68)76(99)73(77(3,4)5)87-70(95)16-12-9-13-17-71(96)91-38-36-89(37-39-91)35-33-61(49-104-64-14-10-8-11-15-64)86-67-31-30-65(41-69(67)106(100,101)79(81,82)83)107(102,103)88-74(97)56-24-28-62(29-25-56)92-46-58-44-90(45-59(58)47-92)43-57-42-78(6,7)34-32-66(57)54-22-26-60(80)27-23-54/h8,10-11,14-15,18-31,41,50-51,58-59,61,63,68,73,86,94H,9,12-13,16-17,32-40,42-49H2,1-7H3,(H,85,98)(H,87,95)(H,88,97)/t51-,58?,59?,61+,63+,68-,73+/m0/s1. The number of allylic oxidation sites excluding steroid dienone is 1. The lowest BCUT2D eigenvalue weighted by molar-refractivity contribution is -0.144. The maximum atomic E-state index is 14.6. The zero-order chi connectivity index (χ0) is 76.8. The smallest absolute Gasteiger partial charge is 0.391 e. The highest BCUT2D eigenvalue weighted by molar-refractivity contribution is 7.99. The number of halogens is 4. The molecule has 576 valence electrons. The zero-order valence-electron chi connectivity index (χ0n) is 61.7. The van der Waals surface area contributed by atoms with Crippen LogP contribution >= 0.6 is 34.7 Å². The van der Waals surface area contributed by atoms with Crippen molar-refractivity contribution < 1.29 is 59.1 Å². The van der Waals surface area contributed by atoms with Crippen molar-refractivity contribution in [3.05, 3.63) is 160 Å². The molecule has 11 rings (SSSR count). The number of carbonyl (C=O) groups is 5. The minimum atomic E-state index is -6.18. The van der Waals surface area contributed by atoms with Crippen molar-refractivity contribution >= 4 is 101 Å². The monoisotopic (exact) mass is 1570 g/mol. The molecule has 5 aliphatic rings. The number of unbranched alkanes of at least 4 members (excludes halogenated alkanes) is 2. The number of nitrogens with zero attached hydrogens (tertiary/aromatic N) is 6. The van der Waals surface area contributed by atoms with Crippen molar-refractivity contribution in [2.75, 3.05) is 88.0 Å². The number of thiazole rings is 1. The lowest BCUT2D eigenvalue weighted by Gasteiger charge is -2.35. The van der Waals surface area contributed by atoms with Gasteiger partial charge in [0.05, 0.1) is 38.8 Å². The van der Waals surface area contributed by atoms with E-state index in [0.717, 1.165) is 96.4 Å². The van der Waals surface area contributed by atoms with E-state index in [-0.39, 0.29) is 54.4 Å². The number of hydrogen-bond acceptors (Lipinski definition) is 17. The maximum absolute atomic E-state index is 14.6. The van der Waals surface area contributed by atoms with Gasteiger partial charge in [0.1, 0.15) is 17.0 Å². The SMILES string of the molecule is Cc1ncsc1-c1ccc([C@H](C)NC(=O)[C@@H]2C[C@@H](O)CN2C(=O)[C@@H](NC(=O)CCCCCC(=O)N2CCN(CC[C@H](CSc3ccccc3)Nc3ccc(S(=O)(=O)NC(=O)c4ccc(N5CC6CN(CC7=C(c8ccc(Cl)cc8)CCC(C)(C)C7)CC6C5)cc4)cc3S(=O)(=O)C(F)(F)F)CC2)C(C)(C)C)cc1. The van der Waals surface area contributed by atoms with Gasteiger partial charge in [-0.15, -0.1) is 23.1 Å². The van der Waals surface area contributed by atoms with Crippen LogP contribution < -0.4 is 25.6 Å². The van der Waals surface area contributed by atoms with Gasteiger partial charge < -0.3 is 35.8 Å². The number of aryl methyl sites for hydroxylation is 1. The van der Waals surface area contributed by atoms with E-state index in [2.05, 4.69) is 61.6 Å². The normalized spacial score (nSPS) is 20.4. The topological polar surface area (TPSA) is 251 Å². The number of sulfonamides is 1. The van der Waals surface area contributed by atoms with E-state index in [1.165, 1.54) is 45.5 Å². The molecule has 5 N–H and O–H groups in total. The first-order valence-corrected chi connectivity index (χ1v) is 42.0. The van der Waals surface area contributed by atoms with Gasteiger partial charge in [0.2, 0.25) is 23.6 Å². The van der Waals surface area contributed by atoms with Crippen LogP contribution in [0.5, 0.6) is 0 Å². The molecule has 107 heavy (non-hydrogen) atoms. The molecule has 4 saturated heterocycles. The Morgan fingerprint density at radius 1 is 0.785 bits per heavy atom. The third kappa shape index (κ3) is 20.4. The lowest BCUT2D eigenvalue weighted by Crippen LogP contribution is -2.57. The summed E-state index contributed by atoms with van der Waals surface area (Å²) < 4.78 is 101. The molecule has 6 aromatic rings. The van der Waals surface area contributed by atoms with Gasteiger partial charge in [0.15, 0.2) is 0 Å². The molecular weight excluding hydrogens is 1470 g/mol. The number of hydrogen-bond donors (Lipinski definition) is 5. The fourth-order valence-electron chi connectivity index (χ4n) is 15.3. The van der Waals surface area contributed by atoms with Crippen LogP contribution in [-0.2, 0) is 39.0 Å². The number of aromatic nitrogens is 1. The summed E-state index contributed by atoms with van der Waals surface area (Å²) in [5.74, 6) is -1.24. The Bertz CT molecular complexity index is 4410. The second-order valence-corrected chi connectivity index (χ2v) is 37.0. The highest BCUT2D eigenvalue weighted by Gasteiger charge is 2.49. The van der Waals surface area contributed by atoms with E-state index in [9.17, 15) is 59.1 Å². The van der Waals surface area contributed by atoms with Gasteiger partial charge in [-0.3, -0.25) is 33.8 Å². The highest BCUT2D eigenvalue weighted by atomic mass is 35.5. The predicted molar refractivity (Wildman–Crippen MR) is 414 cm³/mol. The second-order valence-electron chi connectivity index (χ2n) is 31.1. The Balaban J connectivity index is 0.643. The van der Waals surface area contributed by atoms with Crippen LogP contribution in [0, 0.1) is 29.6 Å². The highest BCUT2D eigenvalue weighted by Crippen LogP contribution is 2.45. The van der Waals surface area contributed by atoms with E-state index in [0.29, 0.717) is 81.3 Å². The number of piperazine rings is 1. The van der Waals surface area contributed by atoms with Crippen molar-refractivity contribution in [2.24, 2.45) is 22.7 Å². The summed E-state index contributed by atoms with van der Waals surface area (Å²) >= 11 is 9.19. The minimum Gasteiger partial charge on any atom is -0.391 e. The molecule has 1 aromatic heterocycles. The van der Waals surface area contributed by atoms with Crippen molar-refractivity contribution in [2.45, 2.75) is 163 Å². The summed E-state index contributed by atoms with van der Waals surface area (Å²) in [6.45, 7) is 20.4. The van der Waals surface area contributed by atoms with Gasteiger partial charge in [0.25, 0.3) is 25.8 Å². The number of rotatable bonds is 28. The fourth-order valence-corrected chi connectivity index (χ4v) is 19.3. The molecule has 0 bridgehead atoms. The van der Waals surface area contributed by atoms with E-state index >= 15 is 0 Å². The number of β-amino-alcohol motifs (C(OH)–C–C–N with tert-alkyl or cyclic N) is 1. The van der Waals surface area contributed by atoms with Gasteiger partial charge in [-0.05, 0) is 164 Å². The van der Waals surface area contributed by atoms with Crippen LogP contribution in [0.4, 0.5) is 24.5 Å². The van der Waals surface area contributed by atoms with Gasteiger partial charge in [0, 0.05) is 124 Å². The molecule has 4 aliphatic heterocycles. The first-order valence-electron chi connectivity index (χ1n) is 36.8.